The third kappa shape index (κ3) is 3.41. The van der Waals surface area contributed by atoms with Crippen molar-refractivity contribution < 1.29 is 0 Å². The summed E-state index contributed by atoms with van der Waals surface area (Å²) in [4.78, 5) is 1.59. The summed E-state index contributed by atoms with van der Waals surface area (Å²) in [6.45, 7) is 4.56. The molecule has 1 aliphatic rings. The highest BCUT2D eigenvalue weighted by atomic mass is 32.2. The molecule has 0 spiro atoms. The molecule has 0 fully saturated rings. The number of fused-ring (bicyclic) bond motifs is 1. The second-order valence-electron chi connectivity index (χ2n) is 5.09. The predicted octanol–water partition coefficient (Wildman–Crippen LogP) is 6.20. The van der Waals surface area contributed by atoms with E-state index in [1.807, 2.05) is 0 Å². The Balaban J connectivity index is 2.16. The molecule has 1 atom stereocenters. The van der Waals surface area contributed by atoms with Gasteiger partial charge in [-0.15, -0.1) is 11.8 Å². The van der Waals surface area contributed by atoms with Gasteiger partial charge in [0.1, 0.15) is 0 Å². The summed E-state index contributed by atoms with van der Waals surface area (Å²) in [5, 5.41) is 0.693. The van der Waals surface area contributed by atoms with Crippen LogP contribution in [-0.2, 0) is 0 Å². The average Bonchev–Trinajstić information content (AvgIpc) is 2.42. The zero-order chi connectivity index (χ0) is 12.8. The van der Waals surface area contributed by atoms with Crippen molar-refractivity contribution in [1.82, 2.24) is 0 Å². The molecule has 1 heterocycles. The van der Waals surface area contributed by atoms with Crippen molar-refractivity contribution in [2.75, 3.05) is 0 Å². The Morgan fingerprint density at radius 3 is 2.61 bits per heavy atom. The molecule has 0 radical (unpaired) electrons. The van der Waals surface area contributed by atoms with Crippen molar-refractivity contribution in [2.24, 2.45) is 0 Å². The van der Waals surface area contributed by atoms with E-state index in [1.54, 1.807) is 10.5 Å². The number of benzene rings is 1. The van der Waals surface area contributed by atoms with Crippen molar-refractivity contribution >= 4 is 17.8 Å². The molecule has 1 aromatic carbocycles. The molecule has 0 N–H and O–H groups in total. The molecule has 0 amide bonds. The van der Waals surface area contributed by atoms with Crippen LogP contribution in [0.15, 0.2) is 29.2 Å². The van der Waals surface area contributed by atoms with E-state index < -0.39 is 0 Å². The van der Waals surface area contributed by atoms with E-state index >= 15 is 0 Å². The Bertz CT molecular complexity index is 406. The van der Waals surface area contributed by atoms with Gasteiger partial charge in [0.05, 0.1) is 0 Å². The molecule has 0 saturated carbocycles. The zero-order valence-electron chi connectivity index (χ0n) is 11.6. The highest BCUT2D eigenvalue weighted by molar-refractivity contribution is 8.03. The van der Waals surface area contributed by atoms with E-state index in [-0.39, 0.29) is 0 Å². The Labute approximate surface area is 116 Å². The first kappa shape index (κ1) is 13.7. The highest BCUT2D eigenvalue weighted by Crippen LogP contribution is 2.46. The van der Waals surface area contributed by atoms with Crippen LogP contribution in [0.3, 0.4) is 0 Å². The molecule has 18 heavy (non-hydrogen) atoms. The van der Waals surface area contributed by atoms with E-state index in [1.165, 1.54) is 44.1 Å². The quantitative estimate of drug-likeness (QED) is 0.587. The first-order valence-corrected chi connectivity index (χ1v) is 8.19. The van der Waals surface area contributed by atoms with Gasteiger partial charge in [-0.05, 0) is 41.4 Å². The SMILES string of the molecule is CCCCC1=Cc2ccccc2C(CCCC)S1. The van der Waals surface area contributed by atoms with Crippen molar-refractivity contribution in [3.05, 3.63) is 40.3 Å². The average molecular weight is 260 g/mol. The number of unbranched alkanes of at least 4 members (excludes halogenated alkanes) is 2. The minimum Gasteiger partial charge on any atom is -0.122 e. The third-order valence-corrected chi connectivity index (χ3v) is 4.95. The lowest BCUT2D eigenvalue weighted by Gasteiger charge is -2.25. The normalized spacial score (nSPS) is 18.3. The number of hydrogen-bond donors (Lipinski definition) is 0. The van der Waals surface area contributed by atoms with Gasteiger partial charge in [0.15, 0.2) is 0 Å². The van der Waals surface area contributed by atoms with Crippen LogP contribution in [0.5, 0.6) is 0 Å². The first-order valence-electron chi connectivity index (χ1n) is 7.31. The monoisotopic (exact) mass is 260 g/mol. The fraction of sp³-hybridized carbons (Fsp3) is 0.529. The summed E-state index contributed by atoms with van der Waals surface area (Å²) in [6.07, 6.45) is 10.2. The third-order valence-electron chi connectivity index (χ3n) is 3.55. The summed E-state index contributed by atoms with van der Waals surface area (Å²) >= 11 is 2.12. The molecule has 2 rings (SSSR count). The lowest BCUT2D eigenvalue weighted by atomic mass is 9.99. The predicted molar refractivity (Wildman–Crippen MR) is 83.8 cm³/mol. The van der Waals surface area contributed by atoms with Gasteiger partial charge < -0.3 is 0 Å². The zero-order valence-corrected chi connectivity index (χ0v) is 12.4. The second-order valence-corrected chi connectivity index (χ2v) is 6.42. The van der Waals surface area contributed by atoms with Gasteiger partial charge >= 0.3 is 0 Å². The Morgan fingerprint density at radius 1 is 1.06 bits per heavy atom. The number of thioether (sulfide) groups is 1. The standard InChI is InChI=1S/C17H24S/c1-3-5-10-15-13-14-9-7-8-11-16(14)17(18-15)12-6-4-2/h7-9,11,13,17H,3-6,10,12H2,1-2H3. The summed E-state index contributed by atoms with van der Waals surface area (Å²) in [6, 6.07) is 8.94. The van der Waals surface area contributed by atoms with Gasteiger partial charge in [0.25, 0.3) is 0 Å². The van der Waals surface area contributed by atoms with Gasteiger partial charge in [-0.25, -0.2) is 0 Å². The molecule has 98 valence electrons. The maximum Gasteiger partial charge on any atom is 0.0347 e. The van der Waals surface area contributed by atoms with Crippen LogP contribution in [-0.4, -0.2) is 0 Å². The molecule has 0 saturated heterocycles. The molecule has 1 aliphatic heterocycles. The Kier molecular flexibility index (Phi) is 5.37. The summed E-state index contributed by atoms with van der Waals surface area (Å²) < 4.78 is 0. The van der Waals surface area contributed by atoms with Crippen LogP contribution in [0.4, 0.5) is 0 Å². The van der Waals surface area contributed by atoms with E-state index in [9.17, 15) is 0 Å². The molecule has 0 nitrogen and oxygen atoms in total. The fourth-order valence-electron chi connectivity index (χ4n) is 2.48. The summed E-state index contributed by atoms with van der Waals surface area (Å²) in [5.74, 6) is 0. The van der Waals surface area contributed by atoms with Crippen LogP contribution >= 0.6 is 11.8 Å². The molecule has 1 unspecified atom stereocenters. The van der Waals surface area contributed by atoms with Gasteiger partial charge in [-0.2, -0.15) is 0 Å². The van der Waals surface area contributed by atoms with Gasteiger partial charge in [0, 0.05) is 5.25 Å². The number of hydrogen-bond acceptors (Lipinski definition) is 1. The van der Waals surface area contributed by atoms with Crippen LogP contribution < -0.4 is 0 Å². The molecular weight excluding hydrogens is 236 g/mol. The van der Waals surface area contributed by atoms with E-state index in [2.05, 4.69) is 56.0 Å². The number of rotatable bonds is 6. The smallest absolute Gasteiger partial charge is 0.0347 e. The first-order chi connectivity index (χ1) is 8.85. The maximum atomic E-state index is 2.41. The minimum atomic E-state index is 0.693. The largest absolute Gasteiger partial charge is 0.122 e. The molecule has 0 bridgehead atoms. The molecule has 0 aromatic heterocycles. The van der Waals surface area contributed by atoms with Gasteiger partial charge in [0.2, 0.25) is 0 Å². The van der Waals surface area contributed by atoms with Gasteiger partial charge in [-0.3, -0.25) is 0 Å². The van der Waals surface area contributed by atoms with Crippen molar-refractivity contribution in [3.63, 3.8) is 0 Å². The highest BCUT2D eigenvalue weighted by Gasteiger charge is 2.20. The van der Waals surface area contributed by atoms with Crippen molar-refractivity contribution in [1.29, 1.82) is 0 Å². The molecule has 0 aliphatic carbocycles. The minimum absolute atomic E-state index is 0.693. The summed E-state index contributed by atoms with van der Waals surface area (Å²) in [7, 11) is 0. The van der Waals surface area contributed by atoms with Gasteiger partial charge in [-0.1, -0.05) is 57.4 Å². The second kappa shape index (κ2) is 7.04. The van der Waals surface area contributed by atoms with Crippen LogP contribution in [0.25, 0.3) is 6.08 Å². The van der Waals surface area contributed by atoms with Crippen LogP contribution in [0.2, 0.25) is 0 Å². The molecular formula is C17H24S. The lowest BCUT2D eigenvalue weighted by Crippen LogP contribution is -2.02. The lowest BCUT2D eigenvalue weighted by molar-refractivity contribution is 0.704. The van der Waals surface area contributed by atoms with Crippen molar-refractivity contribution in [3.8, 4) is 0 Å². The Hall–Kier alpha value is -0.690. The van der Waals surface area contributed by atoms with Crippen LogP contribution in [0.1, 0.15) is 68.7 Å². The van der Waals surface area contributed by atoms with E-state index in [0.717, 1.165) is 0 Å². The summed E-state index contributed by atoms with van der Waals surface area (Å²) in [5.41, 5.74) is 3.01. The number of allylic oxidation sites excluding steroid dienone is 1. The van der Waals surface area contributed by atoms with E-state index in [4.69, 9.17) is 0 Å². The van der Waals surface area contributed by atoms with Crippen LogP contribution in [0, 0.1) is 0 Å². The molecule has 1 heteroatoms. The van der Waals surface area contributed by atoms with E-state index in [0.29, 0.717) is 5.25 Å². The van der Waals surface area contributed by atoms with Crippen molar-refractivity contribution in [2.45, 2.75) is 57.6 Å². The Morgan fingerprint density at radius 2 is 1.83 bits per heavy atom. The topological polar surface area (TPSA) is 0 Å². The maximum absolute atomic E-state index is 2.41. The molecule has 1 aromatic rings. The fourth-order valence-corrected chi connectivity index (χ4v) is 3.92.